The summed E-state index contributed by atoms with van der Waals surface area (Å²) in [7, 11) is 0. The standard InChI is InChI=1S/C26H29N3O4/c1-19(2)33-25-22(14-9-15-27-25)17-28-24(30)23(16-20-10-5-3-6-11-20)29-26(31)32-18-21-12-7-4-8-13-21/h3-15,19,23H,16-18H2,1-2H3,(H,28,30)(H,29,31). The zero-order valence-electron chi connectivity index (χ0n) is 18.9. The van der Waals surface area contributed by atoms with Gasteiger partial charge in [-0.25, -0.2) is 9.78 Å². The molecule has 1 heterocycles. The molecule has 0 bridgehead atoms. The Morgan fingerprint density at radius 2 is 1.58 bits per heavy atom. The summed E-state index contributed by atoms with van der Waals surface area (Å²) in [5.74, 6) is 0.150. The van der Waals surface area contributed by atoms with Crippen molar-refractivity contribution in [2.75, 3.05) is 0 Å². The molecule has 0 saturated carbocycles. The molecule has 1 atom stereocenters. The van der Waals surface area contributed by atoms with Gasteiger partial charge in [-0.15, -0.1) is 0 Å². The minimum atomic E-state index is -0.804. The van der Waals surface area contributed by atoms with Crippen LogP contribution in [0.1, 0.15) is 30.5 Å². The van der Waals surface area contributed by atoms with E-state index in [9.17, 15) is 9.59 Å². The lowest BCUT2D eigenvalue weighted by molar-refractivity contribution is -0.123. The molecule has 0 aliphatic heterocycles. The Bertz CT molecular complexity index is 1030. The van der Waals surface area contributed by atoms with Gasteiger partial charge in [0.15, 0.2) is 0 Å². The Balaban J connectivity index is 1.64. The average Bonchev–Trinajstić information content (AvgIpc) is 2.82. The van der Waals surface area contributed by atoms with Crippen LogP contribution in [0.25, 0.3) is 0 Å². The van der Waals surface area contributed by atoms with Crippen LogP contribution in [0.15, 0.2) is 79.0 Å². The Kier molecular flexibility index (Phi) is 8.82. The minimum Gasteiger partial charge on any atom is -0.475 e. The number of amides is 2. The first-order valence-electron chi connectivity index (χ1n) is 10.9. The van der Waals surface area contributed by atoms with Crippen molar-refractivity contribution < 1.29 is 19.1 Å². The number of hydrogen-bond donors (Lipinski definition) is 2. The van der Waals surface area contributed by atoms with Crippen molar-refractivity contribution >= 4 is 12.0 Å². The molecule has 1 aromatic heterocycles. The summed E-state index contributed by atoms with van der Waals surface area (Å²) in [5, 5.41) is 5.58. The van der Waals surface area contributed by atoms with Crippen molar-refractivity contribution in [3.63, 3.8) is 0 Å². The van der Waals surface area contributed by atoms with Crippen LogP contribution in [0.5, 0.6) is 5.88 Å². The third-order valence-electron chi connectivity index (χ3n) is 4.75. The number of pyridine rings is 1. The lowest BCUT2D eigenvalue weighted by Crippen LogP contribution is -2.48. The number of ether oxygens (including phenoxy) is 2. The second kappa shape index (κ2) is 12.2. The molecule has 2 N–H and O–H groups in total. The minimum absolute atomic E-state index is 0.0405. The van der Waals surface area contributed by atoms with Crippen LogP contribution in [0.4, 0.5) is 4.79 Å². The topological polar surface area (TPSA) is 89.5 Å². The van der Waals surface area contributed by atoms with Gasteiger partial charge in [0.1, 0.15) is 12.6 Å². The second-order valence-corrected chi connectivity index (χ2v) is 7.80. The van der Waals surface area contributed by atoms with E-state index in [1.54, 1.807) is 12.3 Å². The van der Waals surface area contributed by atoms with Gasteiger partial charge in [0.05, 0.1) is 6.10 Å². The van der Waals surface area contributed by atoms with E-state index in [1.807, 2.05) is 80.6 Å². The lowest BCUT2D eigenvalue weighted by Gasteiger charge is -2.19. The van der Waals surface area contributed by atoms with Gasteiger partial charge in [0.25, 0.3) is 0 Å². The molecular formula is C26H29N3O4. The summed E-state index contributed by atoms with van der Waals surface area (Å²) < 4.78 is 11.0. The molecule has 0 fully saturated rings. The van der Waals surface area contributed by atoms with E-state index in [0.717, 1.165) is 16.7 Å². The van der Waals surface area contributed by atoms with Gasteiger partial charge in [0.2, 0.25) is 11.8 Å². The van der Waals surface area contributed by atoms with Crippen molar-refractivity contribution in [1.29, 1.82) is 0 Å². The van der Waals surface area contributed by atoms with Gasteiger partial charge in [-0.05, 0) is 31.0 Å². The largest absolute Gasteiger partial charge is 0.475 e. The fourth-order valence-corrected chi connectivity index (χ4v) is 3.16. The average molecular weight is 448 g/mol. The number of carbonyl (C=O) groups is 2. The van der Waals surface area contributed by atoms with Gasteiger partial charge in [-0.1, -0.05) is 66.7 Å². The number of benzene rings is 2. The number of nitrogens with zero attached hydrogens (tertiary/aromatic N) is 1. The maximum Gasteiger partial charge on any atom is 0.408 e. The number of hydrogen-bond acceptors (Lipinski definition) is 5. The smallest absolute Gasteiger partial charge is 0.408 e. The van der Waals surface area contributed by atoms with E-state index >= 15 is 0 Å². The highest BCUT2D eigenvalue weighted by molar-refractivity contribution is 5.86. The lowest BCUT2D eigenvalue weighted by atomic mass is 10.1. The molecule has 0 radical (unpaired) electrons. The van der Waals surface area contributed by atoms with Crippen LogP contribution in [0.3, 0.4) is 0 Å². The molecule has 0 aliphatic rings. The van der Waals surface area contributed by atoms with Gasteiger partial charge in [0, 0.05) is 24.7 Å². The third kappa shape index (κ3) is 7.96. The Morgan fingerprint density at radius 1 is 0.909 bits per heavy atom. The zero-order valence-corrected chi connectivity index (χ0v) is 18.9. The quantitative estimate of drug-likeness (QED) is 0.490. The SMILES string of the molecule is CC(C)Oc1ncccc1CNC(=O)C(Cc1ccccc1)NC(=O)OCc1ccccc1. The molecule has 0 saturated heterocycles. The fourth-order valence-electron chi connectivity index (χ4n) is 3.16. The highest BCUT2D eigenvalue weighted by Crippen LogP contribution is 2.16. The first-order valence-corrected chi connectivity index (χ1v) is 10.9. The molecule has 3 rings (SSSR count). The molecule has 0 aliphatic carbocycles. The van der Waals surface area contributed by atoms with Gasteiger partial charge in [-0.3, -0.25) is 4.79 Å². The van der Waals surface area contributed by atoms with E-state index in [4.69, 9.17) is 9.47 Å². The van der Waals surface area contributed by atoms with Gasteiger partial charge < -0.3 is 20.1 Å². The van der Waals surface area contributed by atoms with E-state index in [1.165, 1.54) is 0 Å². The number of nitrogens with one attached hydrogen (secondary N) is 2. The molecule has 7 nitrogen and oxygen atoms in total. The molecule has 33 heavy (non-hydrogen) atoms. The molecule has 0 spiro atoms. The van der Waals surface area contributed by atoms with Crippen molar-refractivity contribution in [2.45, 2.75) is 45.6 Å². The second-order valence-electron chi connectivity index (χ2n) is 7.80. The van der Waals surface area contributed by atoms with E-state index in [0.29, 0.717) is 12.3 Å². The number of aromatic nitrogens is 1. The Hall–Kier alpha value is -3.87. The Labute approximate surface area is 194 Å². The molecule has 1 unspecified atom stereocenters. The first-order chi connectivity index (χ1) is 16.0. The Morgan fingerprint density at radius 3 is 2.24 bits per heavy atom. The number of rotatable bonds is 10. The molecule has 2 aromatic carbocycles. The van der Waals surface area contributed by atoms with Crippen molar-refractivity contribution in [3.05, 3.63) is 95.7 Å². The normalized spacial score (nSPS) is 11.5. The van der Waals surface area contributed by atoms with Crippen LogP contribution in [0, 0.1) is 0 Å². The van der Waals surface area contributed by atoms with E-state index in [-0.39, 0.29) is 25.2 Å². The molecule has 2 amide bonds. The summed E-state index contributed by atoms with van der Waals surface area (Å²) in [4.78, 5) is 29.7. The summed E-state index contributed by atoms with van der Waals surface area (Å²) in [6, 6.07) is 21.7. The molecule has 3 aromatic rings. The molecule has 172 valence electrons. The summed E-state index contributed by atoms with van der Waals surface area (Å²) in [6.45, 7) is 4.18. The highest BCUT2D eigenvalue weighted by atomic mass is 16.5. The number of alkyl carbamates (subject to hydrolysis) is 1. The van der Waals surface area contributed by atoms with Gasteiger partial charge in [-0.2, -0.15) is 0 Å². The summed E-state index contributed by atoms with van der Waals surface area (Å²) in [6.07, 6.45) is 1.28. The van der Waals surface area contributed by atoms with Crippen LogP contribution >= 0.6 is 0 Å². The van der Waals surface area contributed by atoms with E-state index in [2.05, 4.69) is 15.6 Å². The van der Waals surface area contributed by atoms with E-state index < -0.39 is 12.1 Å². The molecular weight excluding hydrogens is 418 g/mol. The van der Waals surface area contributed by atoms with Gasteiger partial charge >= 0.3 is 6.09 Å². The fraction of sp³-hybridized carbons (Fsp3) is 0.269. The van der Waals surface area contributed by atoms with Crippen molar-refractivity contribution in [2.24, 2.45) is 0 Å². The summed E-state index contributed by atoms with van der Waals surface area (Å²) >= 11 is 0. The predicted molar refractivity (Wildman–Crippen MR) is 126 cm³/mol. The predicted octanol–water partition coefficient (Wildman–Crippen LogP) is 4.02. The third-order valence-corrected chi connectivity index (χ3v) is 4.75. The highest BCUT2D eigenvalue weighted by Gasteiger charge is 2.22. The maximum absolute atomic E-state index is 13.0. The van der Waals surface area contributed by atoms with Crippen LogP contribution in [-0.2, 0) is 29.1 Å². The first kappa shape index (κ1) is 23.8. The van der Waals surface area contributed by atoms with Crippen LogP contribution in [-0.4, -0.2) is 29.1 Å². The zero-order chi connectivity index (χ0) is 23.5. The monoisotopic (exact) mass is 447 g/mol. The van der Waals surface area contributed by atoms with Crippen molar-refractivity contribution in [1.82, 2.24) is 15.6 Å². The van der Waals surface area contributed by atoms with Crippen LogP contribution < -0.4 is 15.4 Å². The van der Waals surface area contributed by atoms with Crippen molar-refractivity contribution in [3.8, 4) is 5.88 Å². The summed E-state index contributed by atoms with van der Waals surface area (Å²) in [5.41, 5.74) is 2.54. The van der Waals surface area contributed by atoms with Crippen LogP contribution in [0.2, 0.25) is 0 Å². The number of carbonyl (C=O) groups excluding carboxylic acids is 2. The maximum atomic E-state index is 13.0. The molecule has 7 heteroatoms.